The number of hydrogen-bond donors (Lipinski definition) is 4. The number of thioether (sulfide) groups is 1. The van der Waals surface area contributed by atoms with E-state index < -0.39 is 5.82 Å². The Labute approximate surface area is 160 Å². The Kier molecular flexibility index (Phi) is 7.50. The molecule has 140 valence electrons. The third-order valence-corrected chi connectivity index (χ3v) is 4.51. The van der Waals surface area contributed by atoms with Gasteiger partial charge in [-0.15, -0.1) is 0 Å². The van der Waals surface area contributed by atoms with Crippen molar-refractivity contribution in [2.45, 2.75) is 18.0 Å². The van der Waals surface area contributed by atoms with Crippen LogP contribution in [0.2, 0.25) is 0 Å². The lowest BCUT2D eigenvalue weighted by molar-refractivity contribution is -0.119. The lowest BCUT2D eigenvalue weighted by Crippen LogP contribution is -2.36. The first-order valence-corrected chi connectivity index (χ1v) is 9.02. The molecule has 1 aromatic carbocycles. The summed E-state index contributed by atoms with van der Waals surface area (Å²) in [4.78, 5) is 15.9. The topological polar surface area (TPSA) is 133 Å². The van der Waals surface area contributed by atoms with Crippen molar-refractivity contribution in [3.63, 3.8) is 0 Å². The number of aliphatic hydroxyl groups excluding tert-OH is 1. The summed E-state index contributed by atoms with van der Waals surface area (Å²) in [5, 5.41) is 28.4. The van der Waals surface area contributed by atoms with Gasteiger partial charge in [-0.2, -0.15) is 0 Å². The Morgan fingerprint density at radius 1 is 1.50 bits per heavy atom. The summed E-state index contributed by atoms with van der Waals surface area (Å²) in [7, 11) is 0. The molecule has 0 bridgehead atoms. The van der Waals surface area contributed by atoms with Crippen molar-refractivity contribution in [3.8, 4) is 0 Å². The number of carbonyl (C=O) groups is 1. The molecule has 2 rings (SSSR count). The number of carbonyl (C=O) groups excluding carboxylic acids is 1. The summed E-state index contributed by atoms with van der Waals surface area (Å²) in [6.07, 6.45) is 0. The third kappa shape index (κ3) is 5.49. The molecule has 0 aliphatic heterocycles. The van der Waals surface area contributed by atoms with Gasteiger partial charge < -0.3 is 10.4 Å². The number of hydrogen-bond acceptors (Lipinski definition) is 8. The van der Waals surface area contributed by atoms with Crippen LogP contribution in [0.4, 0.5) is 10.1 Å². The Bertz CT molecular complexity index is 803. The Balaban J connectivity index is 2.14. The molecule has 4 N–H and O–H groups in total. The van der Waals surface area contributed by atoms with E-state index >= 15 is 0 Å². The van der Waals surface area contributed by atoms with Crippen LogP contribution in [-0.4, -0.2) is 50.8 Å². The summed E-state index contributed by atoms with van der Waals surface area (Å²) in [6.45, 7) is 1.48. The number of hydroxylamine groups is 1. The number of benzene rings is 1. The fourth-order valence-electron chi connectivity index (χ4n) is 1.73. The molecule has 2 aromatic rings. The minimum absolute atomic E-state index is 0.00758. The van der Waals surface area contributed by atoms with E-state index in [2.05, 4.69) is 41.2 Å². The maximum Gasteiger partial charge on any atom is 0.230 e. The first-order chi connectivity index (χ1) is 12.4. The summed E-state index contributed by atoms with van der Waals surface area (Å²) < 4.78 is 18.1. The molecule has 0 spiro atoms. The molecule has 0 radical (unpaired) electrons. The van der Waals surface area contributed by atoms with Crippen LogP contribution in [0, 0.1) is 5.82 Å². The average Bonchev–Trinajstić information content (AvgIpc) is 3.09. The fourth-order valence-corrected chi connectivity index (χ4v) is 2.81. The third-order valence-electron chi connectivity index (χ3n) is 2.95. The van der Waals surface area contributed by atoms with Gasteiger partial charge >= 0.3 is 0 Å². The van der Waals surface area contributed by atoms with Gasteiger partial charge in [0.25, 0.3) is 0 Å². The molecule has 9 nitrogen and oxygen atoms in total. The van der Waals surface area contributed by atoms with Crippen LogP contribution >= 0.6 is 27.7 Å². The molecular weight excluding hydrogens is 433 g/mol. The van der Waals surface area contributed by atoms with E-state index in [1.54, 1.807) is 6.92 Å². The largest absolute Gasteiger partial charge is 0.394 e. The molecule has 0 saturated carbocycles. The van der Waals surface area contributed by atoms with E-state index in [0.29, 0.717) is 5.69 Å². The second-order valence-electron chi connectivity index (χ2n) is 5.03. The first kappa shape index (κ1) is 20.3. The molecule has 1 amide bonds. The van der Waals surface area contributed by atoms with E-state index in [4.69, 9.17) is 5.11 Å². The van der Waals surface area contributed by atoms with Crippen molar-refractivity contribution in [1.29, 1.82) is 0 Å². The standard InChI is InChI=1S/C14H15BrFN5O4S/c1-7(5-22)17-11(23)6-26-14-12(20-25-21-14)13(19-24)18-8-2-3-10(16)9(15)4-8/h2-4,7,22,24H,5-6H2,1H3,(H,17,23)(H,18,19). The average molecular weight is 448 g/mol. The molecule has 1 unspecified atom stereocenters. The number of amides is 1. The number of rotatable bonds is 7. The Morgan fingerprint density at radius 2 is 2.27 bits per heavy atom. The summed E-state index contributed by atoms with van der Waals surface area (Å²) in [5.41, 5.74) is 2.31. The summed E-state index contributed by atoms with van der Waals surface area (Å²) >= 11 is 4.06. The van der Waals surface area contributed by atoms with Gasteiger partial charge in [-0.1, -0.05) is 11.8 Å². The van der Waals surface area contributed by atoms with Gasteiger partial charge in [-0.3, -0.25) is 15.5 Å². The number of aliphatic hydroxyl groups is 1. The van der Waals surface area contributed by atoms with Crippen LogP contribution in [0.5, 0.6) is 0 Å². The van der Waals surface area contributed by atoms with Gasteiger partial charge in [0.15, 0.2) is 16.6 Å². The van der Waals surface area contributed by atoms with Gasteiger partial charge in [-0.25, -0.2) is 14.0 Å². The quantitative estimate of drug-likeness (QED) is 0.217. The highest BCUT2D eigenvalue weighted by Gasteiger charge is 2.19. The number of nitrogens with one attached hydrogen (secondary N) is 2. The zero-order valence-corrected chi connectivity index (χ0v) is 15.8. The molecule has 26 heavy (non-hydrogen) atoms. The highest BCUT2D eigenvalue weighted by atomic mass is 79.9. The zero-order chi connectivity index (χ0) is 19.1. The van der Waals surface area contributed by atoms with Gasteiger partial charge in [-0.05, 0) is 51.4 Å². The number of aromatic nitrogens is 2. The molecule has 1 heterocycles. The van der Waals surface area contributed by atoms with E-state index in [1.807, 2.05) is 5.48 Å². The van der Waals surface area contributed by atoms with Gasteiger partial charge in [0.05, 0.1) is 22.5 Å². The number of halogens is 2. The number of nitrogens with zero attached hydrogens (tertiary/aromatic N) is 3. The maximum atomic E-state index is 13.3. The monoisotopic (exact) mass is 447 g/mol. The molecule has 12 heteroatoms. The number of amidine groups is 1. The lowest BCUT2D eigenvalue weighted by Gasteiger charge is -2.09. The molecule has 0 fully saturated rings. The molecule has 0 aliphatic rings. The van der Waals surface area contributed by atoms with Gasteiger partial charge in [0, 0.05) is 6.04 Å². The minimum Gasteiger partial charge on any atom is -0.394 e. The van der Waals surface area contributed by atoms with Crippen LogP contribution in [0.15, 0.2) is 37.3 Å². The molecule has 0 saturated heterocycles. The Hall–Kier alpha value is -2.02. The van der Waals surface area contributed by atoms with Crippen LogP contribution in [-0.2, 0) is 4.79 Å². The van der Waals surface area contributed by atoms with Crippen molar-refractivity contribution in [1.82, 2.24) is 21.1 Å². The Morgan fingerprint density at radius 3 is 2.92 bits per heavy atom. The van der Waals surface area contributed by atoms with Crippen LogP contribution in [0.3, 0.4) is 0 Å². The van der Waals surface area contributed by atoms with E-state index in [9.17, 15) is 14.4 Å². The van der Waals surface area contributed by atoms with Crippen LogP contribution in [0.1, 0.15) is 12.6 Å². The second-order valence-corrected chi connectivity index (χ2v) is 6.85. The highest BCUT2D eigenvalue weighted by molar-refractivity contribution is 9.10. The van der Waals surface area contributed by atoms with Crippen molar-refractivity contribution >= 4 is 45.1 Å². The predicted octanol–water partition coefficient (Wildman–Crippen LogP) is 1.62. The highest BCUT2D eigenvalue weighted by Crippen LogP contribution is 2.24. The van der Waals surface area contributed by atoms with Crippen molar-refractivity contribution < 1.29 is 24.1 Å². The number of aliphatic imine (C=N–C) groups is 1. The smallest absolute Gasteiger partial charge is 0.230 e. The fraction of sp³-hybridized carbons (Fsp3) is 0.286. The van der Waals surface area contributed by atoms with Crippen molar-refractivity contribution in [3.05, 3.63) is 34.2 Å². The van der Waals surface area contributed by atoms with E-state index in [-0.39, 0.29) is 45.3 Å². The molecule has 1 aromatic heterocycles. The SMILES string of the molecule is CC(CO)NC(=O)CSc1nonc1C(=Nc1ccc(F)c(Br)c1)NO. The predicted molar refractivity (Wildman–Crippen MR) is 94.9 cm³/mol. The minimum atomic E-state index is -0.454. The maximum absolute atomic E-state index is 13.3. The molecule has 0 aliphatic carbocycles. The lowest BCUT2D eigenvalue weighted by atomic mass is 10.3. The second kappa shape index (κ2) is 9.62. The molecule has 1 atom stereocenters. The summed E-state index contributed by atoms with van der Waals surface area (Å²) in [5.74, 6) is -0.864. The van der Waals surface area contributed by atoms with Crippen LogP contribution in [0.25, 0.3) is 0 Å². The van der Waals surface area contributed by atoms with Gasteiger partial charge in [0.2, 0.25) is 5.91 Å². The zero-order valence-electron chi connectivity index (χ0n) is 13.4. The van der Waals surface area contributed by atoms with E-state index in [1.165, 1.54) is 18.2 Å². The van der Waals surface area contributed by atoms with Crippen LogP contribution < -0.4 is 10.8 Å². The van der Waals surface area contributed by atoms with Crippen molar-refractivity contribution in [2.75, 3.05) is 12.4 Å². The molecular formula is C14H15BrFN5O4S. The summed E-state index contributed by atoms with van der Waals surface area (Å²) in [6, 6.07) is 3.66. The van der Waals surface area contributed by atoms with Gasteiger partial charge in [0.1, 0.15) is 5.82 Å². The first-order valence-electron chi connectivity index (χ1n) is 7.24. The van der Waals surface area contributed by atoms with Crippen molar-refractivity contribution in [2.24, 2.45) is 4.99 Å². The normalized spacial score (nSPS) is 12.7. The van der Waals surface area contributed by atoms with E-state index in [0.717, 1.165) is 11.8 Å².